The number of carboxylic acid groups (broad SMARTS) is 2. The number of quaternary nitrogens is 1. The van der Waals surface area contributed by atoms with Gasteiger partial charge >= 0.3 is 18.2 Å². The minimum absolute atomic E-state index is 0.0534. The highest BCUT2D eigenvalue weighted by Gasteiger charge is 2.30. The van der Waals surface area contributed by atoms with E-state index >= 15 is 0 Å². The third kappa shape index (κ3) is 23.9. The van der Waals surface area contributed by atoms with Crippen molar-refractivity contribution in [3.63, 3.8) is 0 Å². The molecule has 1 rings (SSSR count). The fourth-order valence-corrected chi connectivity index (χ4v) is 4.84. The van der Waals surface area contributed by atoms with Crippen LogP contribution in [0.1, 0.15) is 103 Å². The Balaban J connectivity index is 0.00000335. The number of rotatable bonds is 24. The topological polar surface area (TPSA) is 231 Å². The van der Waals surface area contributed by atoms with E-state index in [1.807, 2.05) is 30.3 Å². The Hall–Kier alpha value is -4.41. The van der Waals surface area contributed by atoms with Crippen molar-refractivity contribution in [2.24, 2.45) is 5.92 Å². The zero-order chi connectivity index (χ0) is 39.5. The molecular weight excluding hydrogens is 691 g/mol. The van der Waals surface area contributed by atoms with Gasteiger partial charge in [-0.2, -0.15) is 13.2 Å². The van der Waals surface area contributed by atoms with E-state index in [0.717, 1.165) is 31.2 Å². The molecule has 17 heteroatoms. The molecule has 1 aromatic carbocycles. The summed E-state index contributed by atoms with van der Waals surface area (Å²) in [5.41, 5.74) is 4.45. The number of aliphatic carboxylic acids is 2. The van der Waals surface area contributed by atoms with E-state index < -0.39 is 60.1 Å². The van der Waals surface area contributed by atoms with Crippen LogP contribution in [0.25, 0.3) is 0 Å². The molecule has 14 nitrogen and oxygen atoms in total. The number of hydrogen-bond acceptors (Lipinski definition) is 8. The molecule has 1 aromatic rings. The van der Waals surface area contributed by atoms with Crippen molar-refractivity contribution in [2.75, 3.05) is 13.1 Å². The molecule has 0 fully saturated rings. The lowest BCUT2D eigenvalue weighted by atomic mass is 9.99. The highest BCUT2D eigenvalue weighted by atomic mass is 19.4. The number of ether oxygens (including phenoxy) is 1. The summed E-state index contributed by atoms with van der Waals surface area (Å²) in [6.45, 7) is 6.18. The van der Waals surface area contributed by atoms with Crippen molar-refractivity contribution in [3.8, 4) is 0 Å². The van der Waals surface area contributed by atoms with Crippen LogP contribution in [0.5, 0.6) is 0 Å². The zero-order valence-corrected chi connectivity index (χ0v) is 30.4. The van der Waals surface area contributed by atoms with E-state index in [0.29, 0.717) is 25.8 Å². The van der Waals surface area contributed by atoms with Crippen LogP contribution >= 0.6 is 0 Å². The second-order valence-corrected chi connectivity index (χ2v) is 12.6. The molecule has 0 unspecified atom stereocenters. The maximum absolute atomic E-state index is 13.3. The van der Waals surface area contributed by atoms with Gasteiger partial charge < -0.3 is 46.7 Å². The van der Waals surface area contributed by atoms with Gasteiger partial charge in [-0.25, -0.2) is 4.79 Å². The van der Waals surface area contributed by atoms with Gasteiger partial charge in [-0.15, -0.1) is 0 Å². The monoisotopic (exact) mass is 747 g/mol. The van der Waals surface area contributed by atoms with Crippen LogP contribution in [0.3, 0.4) is 0 Å². The molecule has 0 aliphatic heterocycles. The number of carbonyl (C=O) groups excluding carboxylic acids is 5. The molecular formula is C35H56F3N5O9. The van der Waals surface area contributed by atoms with Gasteiger partial charge in [0.05, 0.1) is 6.42 Å². The molecule has 0 aliphatic rings. The molecule has 4 amide bonds. The number of carboxylic acids is 2. The molecule has 8 N–H and O–H groups in total. The first-order chi connectivity index (χ1) is 24.5. The molecule has 0 aromatic heterocycles. The van der Waals surface area contributed by atoms with Crippen LogP contribution in [0.15, 0.2) is 30.3 Å². The summed E-state index contributed by atoms with van der Waals surface area (Å²) in [5, 5.41) is 29.1. The number of alkyl carbamates (subject to hydrolysis) is 1. The van der Waals surface area contributed by atoms with E-state index in [9.17, 15) is 42.3 Å². The number of nitrogens with one attached hydrogen (secondary N) is 4. The SMILES string of the molecule is CCCCCCCCC[C@@H](CC(=O)O)NC(=O)[C@@H](NC(=O)[C@H](CCCCNC(=O)OCc1ccccc1)NC(=O)C[NH3+])C(C)C.O=C([O-])C(F)(F)F. The average molecular weight is 748 g/mol. The molecule has 0 saturated carbocycles. The number of benzene rings is 1. The number of unbranched alkanes of at least 4 members (excludes halogenated alkanes) is 7. The van der Waals surface area contributed by atoms with E-state index in [-0.39, 0.29) is 31.9 Å². The summed E-state index contributed by atoms with van der Waals surface area (Å²) in [4.78, 5) is 70.9. The van der Waals surface area contributed by atoms with Crippen molar-refractivity contribution in [2.45, 2.75) is 129 Å². The lowest BCUT2D eigenvalue weighted by molar-refractivity contribution is -0.355. The fraction of sp³-hybridized carbons (Fsp3) is 0.657. The summed E-state index contributed by atoms with van der Waals surface area (Å²) < 4.78 is 36.7. The van der Waals surface area contributed by atoms with Crippen molar-refractivity contribution < 1.29 is 62.6 Å². The van der Waals surface area contributed by atoms with Crippen LogP contribution in [0.2, 0.25) is 0 Å². The first-order valence-corrected chi connectivity index (χ1v) is 17.7. The Morgan fingerprint density at radius 2 is 1.42 bits per heavy atom. The predicted molar refractivity (Wildman–Crippen MR) is 183 cm³/mol. The zero-order valence-electron chi connectivity index (χ0n) is 30.4. The normalized spacial score (nSPS) is 12.7. The van der Waals surface area contributed by atoms with Crippen LogP contribution in [-0.2, 0) is 35.3 Å². The second-order valence-electron chi connectivity index (χ2n) is 12.6. The molecule has 0 spiro atoms. The standard InChI is InChI=1S/C33H55N5O7.C2HF3O2/c1-4-5-6-7-8-9-13-18-26(21-29(40)41)36-32(43)30(24(2)3)38-31(42)27(37-28(39)22-34)19-14-15-20-35-33(44)45-23-25-16-11-10-12-17-25;3-2(4,5)1(6)7/h10-12,16-17,24,26-27,30H,4-9,13-15,18-23,34H2,1-3H3,(H,35,44)(H,36,43)(H,37,39)(H,38,42)(H,40,41);(H,6,7)/t26-,27-,30-;/m0./s1. The minimum atomic E-state index is -5.19. The van der Waals surface area contributed by atoms with Crippen molar-refractivity contribution in [1.29, 1.82) is 0 Å². The Morgan fingerprint density at radius 3 is 1.96 bits per heavy atom. The predicted octanol–water partition coefficient (Wildman–Crippen LogP) is 2.35. The first kappa shape index (κ1) is 47.6. The lowest BCUT2D eigenvalue weighted by Crippen LogP contribution is -2.61. The third-order valence-corrected chi connectivity index (χ3v) is 7.68. The van der Waals surface area contributed by atoms with Crippen LogP contribution in [0.4, 0.5) is 18.0 Å². The second kappa shape index (κ2) is 27.3. The van der Waals surface area contributed by atoms with Crippen LogP contribution in [-0.4, -0.2) is 78.3 Å². The van der Waals surface area contributed by atoms with E-state index in [4.69, 9.17) is 14.6 Å². The van der Waals surface area contributed by atoms with Crippen LogP contribution < -0.4 is 32.1 Å². The summed E-state index contributed by atoms with van der Waals surface area (Å²) in [5.74, 6) is -5.65. The number of alkyl halides is 3. The summed E-state index contributed by atoms with van der Waals surface area (Å²) in [6.07, 6.45) is 3.51. The van der Waals surface area contributed by atoms with Gasteiger partial charge in [0.1, 0.15) is 24.7 Å². The van der Waals surface area contributed by atoms with Gasteiger partial charge in [-0.3, -0.25) is 19.2 Å². The molecule has 296 valence electrons. The maximum Gasteiger partial charge on any atom is 0.430 e. The number of amides is 4. The van der Waals surface area contributed by atoms with Gasteiger partial charge in [0.25, 0.3) is 5.91 Å². The number of hydrogen-bond donors (Lipinski definition) is 6. The molecule has 0 radical (unpaired) electrons. The van der Waals surface area contributed by atoms with Crippen LogP contribution in [0, 0.1) is 5.92 Å². The largest absolute Gasteiger partial charge is 0.542 e. The summed E-state index contributed by atoms with van der Waals surface area (Å²) >= 11 is 0. The van der Waals surface area contributed by atoms with Gasteiger partial charge in [-0.1, -0.05) is 96.0 Å². The minimum Gasteiger partial charge on any atom is -0.542 e. The summed E-state index contributed by atoms with van der Waals surface area (Å²) in [6, 6.07) is 6.96. The molecule has 0 saturated heterocycles. The Labute approximate surface area is 303 Å². The Bertz CT molecular complexity index is 1220. The highest BCUT2D eigenvalue weighted by Crippen LogP contribution is 2.13. The molecule has 0 heterocycles. The van der Waals surface area contributed by atoms with Gasteiger partial charge in [0, 0.05) is 12.6 Å². The fourth-order valence-electron chi connectivity index (χ4n) is 4.84. The Kier molecular flexibility index (Phi) is 25.0. The molecule has 3 atom stereocenters. The highest BCUT2D eigenvalue weighted by molar-refractivity contribution is 5.92. The smallest absolute Gasteiger partial charge is 0.430 e. The Morgan fingerprint density at radius 1 is 0.846 bits per heavy atom. The van der Waals surface area contributed by atoms with Gasteiger partial charge in [-0.05, 0) is 37.2 Å². The van der Waals surface area contributed by atoms with Crippen molar-refractivity contribution in [1.82, 2.24) is 21.3 Å². The van der Waals surface area contributed by atoms with Crippen molar-refractivity contribution >= 4 is 35.8 Å². The summed E-state index contributed by atoms with van der Waals surface area (Å²) in [7, 11) is 0. The molecule has 0 aliphatic carbocycles. The average Bonchev–Trinajstić information content (AvgIpc) is 3.08. The van der Waals surface area contributed by atoms with E-state index in [2.05, 4.69) is 33.9 Å². The quantitative estimate of drug-likeness (QED) is 0.0852. The number of carbonyl (C=O) groups is 6. The van der Waals surface area contributed by atoms with E-state index in [1.54, 1.807) is 13.8 Å². The van der Waals surface area contributed by atoms with Gasteiger partial charge in [0.2, 0.25) is 11.8 Å². The van der Waals surface area contributed by atoms with Crippen molar-refractivity contribution in [3.05, 3.63) is 35.9 Å². The molecule has 52 heavy (non-hydrogen) atoms. The third-order valence-electron chi connectivity index (χ3n) is 7.68. The number of halogens is 3. The molecule has 0 bridgehead atoms. The first-order valence-electron chi connectivity index (χ1n) is 17.7. The van der Waals surface area contributed by atoms with Gasteiger partial charge in [0.15, 0.2) is 6.54 Å². The van der Waals surface area contributed by atoms with E-state index in [1.165, 1.54) is 19.3 Å². The maximum atomic E-state index is 13.3. The lowest BCUT2D eigenvalue weighted by Gasteiger charge is -2.27.